The highest BCUT2D eigenvalue weighted by atomic mass is 19.3. The van der Waals surface area contributed by atoms with E-state index in [2.05, 4.69) is 5.32 Å². The van der Waals surface area contributed by atoms with Crippen molar-refractivity contribution in [3.63, 3.8) is 0 Å². The van der Waals surface area contributed by atoms with Crippen LogP contribution in [-0.2, 0) is 4.74 Å². The minimum atomic E-state index is -2.33. The molecule has 1 rings (SSSR count). The number of hydrogen-bond acceptors (Lipinski definition) is 2. The van der Waals surface area contributed by atoms with Crippen molar-refractivity contribution in [2.75, 3.05) is 19.7 Å². The molecule has 0 unspecified atom stereocenters. The third-order valence-electron chi connectivity index (χ3n) is 1.50. The van der Waals surface area contributed by atoms with Crippen LogP contribution in [0.4, 0.5) is 8.78 Å². The molecular formula is C6H11F2NO. The molecule has 0 spiro atoms. The molecular weight excluding hydrogens is 140 g/mol. The maximum atomic E-state index is 11.9. The van der Waals surface area contributed by atoms with Gasteiger partial charge in [-0.25, -0.2) is 8.78 Å². The maximum Gasteiger partial charge on any atom is 0.264 e. The zero-order chi connectivity index (χ0) is 7.40. The van der Waals surface area contributed by atoms with Crippen molar-refractivity contribution in [3.8, 4) is 0 Å². The Kier molecular flexibility index (Phi) is 3.02. The molecule has 1 aliphatic heterocycles. The second-order valence-electron chi connectivity index (χ2n) is 2.28. The van der Waals surface area contributed by atoms with Crippen molar-refractivity contribution in [2.45, 2.75) is 19.0 Å². The predicted molar refractivity (Wildman–Crippen MR) is 33.2 cm³/mol. The summed E-state index contributed by atoms with van der Waals surface area (Å²) >= 11 is 0. The van der Waals surface area contributed by atoms with Crippen molar-refractivity contribution < 1.29 is 13.5 Å². The highest BCUT2D eigenvalue weighted by molar-refractivity contribution is 4.66. The number of alkyl halides is 2. The van der Waals surface area contributed by atoms with Gasteiger partial charge >= 0.3 is 0 Å². The van der Waals surface area contributed by atoms with Gasteiger partial charge in [-0.05, 0) is 13.0 Å². The summed E-state index contributed by atoms with van der Waals surface area (Å²) in [6.07, 6.45) is -2.77. The van der Waals surface area contributed by atoms with E-state index in [1.165, 1.54) is 0 Å². The van der Waals surface area contributed by atoms with Crippen LogP contribution in [0.25, 0.3) is 0 Å². The van der Waals surface area contributed by atoms with Gasteiger partial charge in [-0.2, -0.15) is 0 Å². The Morgan fingerprint density at radius 3 is 2.90 bits per heavy atom. The van der Waals surface area contributed by atoms with Crippen molar-refractivity contribution >= 4 is 0 Å². The zero-order valence-electron chi connectivity index (χ0n) is 5.65. The second kappa shape index (κ2) is 3.83. The normalized spacial score (nSPS) is 28.5. The summed E-state index contributed by atoms with van der Waals surface area (Å²) < 4.78 is 28.7. The molecule has 1 fully saturated rings. The first kappa shape index (κ1) is 7.88. The minimum absolute atomic E-state index is 0.398. The quantitative estimate of drug-likeness (QED) is 0.593. The van der Waals surface area contributed by atoms with E-state index in [-0.39, 0.29) is 0 Å². The largest absolute Gasteiger partial charge is 0.371 e. The van der Waals surface area contributed by atoms with Crippen LogP contribution in [0.15, 0.2) is 0 Å². The minimum Gasteiger partial charge on any atom is -0.371 e. The van der Waals surface area contributed by atoms with Gasteiger partial charge in [-0.1, -0.05) is 0 Å². The Labute approximate surface area is 58.6 Å². The summed E-state index contributed by atoms with van der Waals surface area (Å²) in [5.41, 5.74) is 0. The van der Waals surface area contributed by atoms with Crippen LogP contribution in [0.2, 0.25) is 0 Å². The van der Waals surface area contributed by atoms with Crippen molar-refractivity contribution in [1.82, 2.24) is 5.32 Å². The van der Waals surface area contributed by atoms with Crippen LogP contribution in [-0.4, -0.2) is 32.2 Å². The number of hydrogen-bond donors (Lipinski definition) is 1. The van der Waals surface area contributed by atoms with Crippen molar-refractivity contribution in [2.24, 2.45) is 0 Å². The number of ether oxygens (including phenoxy) is 1. The van der Waals surface area contributed by atoms with E-state index in [4.69, 9.17) is 4.74 Å². The average Bonchev–Trinajstić information content (AvgIpc) is 2.12. The number of rotatable bonds is 1. The van der Waals surface area contributed by atoms with Crippen molar-refractivity contribution in [1.29, 1.82) is 0 Å². The molecule has 1 atom stereocenters. The fraction of sp³-hybridized carbons (Fsp3) is 1.00. The summed E-state index contributed by atoms with van der Waals surface area (Å²) in [7, 11) is 0. The van der Waals surface area contributed by atoms with Crippen LogP contribution in [0.3, 0.4) is 0 Å². The predicted octanol–water partition coefficient (Wildman–Crippen LogP) is 0.630. The first-order valence-corrected chi connectivity index (χ1v) is 3.41. The molecule has 1 N–H and O–H groups in total. The van der Waals surface area contributed by atoms with Gasteiger partial charge < -0.3 is 10.1 Å². The standard InChI is InChI=1S/C6H11F2NO/c7-6(8)5-1-2-9-3-4-10-5/h5-6,9H,1-4H2/t5-/m1/s1. The van der Waals surface area contributed by atoms with Gasteiger partial charge in [0.05, 0.1) is 6.61 Å². The molecule has 1 saturated heterocycles. The third kappa shape index (κ3) is 2.19. The van der Waals surface area contributed by atoms with Gasteiger partial charge in [0.15, 0.2) is 0 Å². The lowest BCUT2D eigenvalue weighted by atomic mass is 10.2. The van der Waals surface area contributed by atoms with E-state index in [9.17, 15) is 8.78 Å². The average molecular weight is 151 g/mol. The molecule has 10 heavy (non-hydrogen) atoms. The lowest BCUT2D eigenvalue weighted by molar-refractivity contribution is -0.0493. The van der Waals surface area contributed by atoms with Gasteiger partial charge in [0.25, 0.3) is 6.43 Å². The highest BCUT2D eigenvalue weighted by Crippen LogP contribution is 2.10. The maximum absolute atomic E-state index is 11.9. The molecule has 0 amide bonds. The smallest absolute Gasteiger partial charge is 0.264 e. The first-order valence-electron chi connectivity index (χ1n) is 3.41. The summed E-state index contributed by atoms with van der Waals surface area (Å²) in [5, 5.41) is 2.97. The molecule has 1 heterocycles. The van der Waals surface area contributed by atoms with E-state index in [0.717, 1.165) is 0 Å². The van der Waals surface area contributed by atoms with E-state index in [1.807, 2.05) is 0 Å². The Balaban J connectivity index is 2.28. The molecule has 60 valence electrons. The van der Waals surface area contributed by atoms with Gasteiger partial charge in [0.1, 0.15) is 6.10 Å². The summed E-state index contributed by atoms with van der Waals surface area (Å²) in [5.74, 6) is 0. The van der Waals surface area contributed by atoms with Crippen LogP contribution in [0.1, 0.15) is 6.42 Å². The molecule has 2 nitrogen and oxygen atoms in total. The van der Waals surface area contributed by atoms with Crippen LogP contribution >= 0.6 is 0 Å². The van der Waals surface area contributed by atoms with Crippen LogP contribution < -0.4 is 5.32 Å². The fourth-order valence-corrected chi connectivity index (χ4v) is 0.934. The van der Waals surface area contributed by atoms with Gasteiger partial charge in [-0.3, -0.25) is 0 Å². The first-order chi connectivity index (χ1) is 4.80. The van der Waals surface area contributed by atoms with Gasteiger partial charge in [0.2, 0.25) is 0 Å². The van der Waals surface area contributed by atoms with E-state index < -0.39 is 12.5 Å². The lowest BCUT2D eigenvalue weighted by Gasteiger charge is -2.11. The van der Waals surface area contributed by atoms with E-state index in [0.29, 0.717) is 26.1 Å². The molecule has 0 radical (unpaired) electrons. The molecule has 1 aliphatic rings. The molecule has 0 aromatic carbocycles. The summed E-state index contributed by atoms with van der Waals surface area (Å²) in [6.45, 7) is 1.72. The van der Waals surface area contributed by atoms with Gasteiger partial charge in [0, 0.05) is 6.54 Å². The number of nitrogens with one attached hydrogen (secondary N) is 1. The summed E-state index contributed by atoms with van der Waals surface area (Å²) in [4.78, 5) is 0. The second-order valence-corrected chi connectivity index (χ2v) is 2.28. The molecule has 0 aromatic heterocycles. The Hall–Kier alpha value is -0.220. The third-order valence-corrected chi connectivity index (χ3v) is 1.50. The lowest BCUT2D eigenvalue weighted by Crippen LogP contribution is -2.22. The SMILES string of the molecule is FC(F)[C@H]1CCNCCO1. The Morgan fingerprint density at radius 1 is 1.40 bits per heavy atom. The van der Waals surface area contributed by atoms with Crippen LogP contribution in [0.5, 0.6) is 0 Å². The summed E-state index contributed by atoms with van der Waals surface area (Å²) in [6, 6.07) is 0. The Bertz CT molecular complexity index is 91.7. The fourth-order valence-electron chi connectivity index (χ4n) is 0.934. The molecule has 0 aliphatic carbocycles. The number of halogens is 2. The highest BCUT2D eigenvalue weighted by Gasteiger charge is 2.21. The van der Waals surface area contributed by atoms with E-state index in [1.54, 1.807) is 0 Å². The zero-order valence-corrected chi connectivity index (χ0v) is 5.65. The molecule has 0 saturated carbocycles. The molecule has 0 aromatic rings. The Morgan fingerprint density at radius 2 is 2.20 bits per heavy atom. The van der Waals surface area contributed by atoms with Gasteiger partial charge in [-0.15, -0.1) is 0 Å². The monoisotopic (exact) mass is 151 g/mol. The van der Waals surface area contributed by atoms with Crippen molar-refractivity contribution in [3.05, 3.63) is 0 Å². The van der Waals surface area contributed by atoms with Crippen LogP contribution in [0, 0.1) is 0 Å². The topological polar surface area (TPSA) is 21.3 Å². The molecule has 4 heteroatoms. The van der Waals surface area contributed by atoms with E-state index >= 15 is 0 Å². The molecule has 0 bridgehead atoms.